The average Bonchev–Trinajstić information content (AvgIpc) is 2.71. The maximum absolute atomic E-state index is 13.2. The van der Waals surface area contributed by atoms with Crippen LogP contribution >= 0.6 is 35.0 Å². The van der Waals surface area contributed by atoms with Gasteiger partial charge in [0.2, 0.25) is 11.8 Å². The van der Waals surface area contributed by atoms with Crippen LogP contribution in [0.1, 0.15) is 37.0 Å². The second kappa shape index (κ2) is 12.2. The normalized spacial score (nSPS) is 11.8. The lowest BCUT2D eigenvalue weighted by Crippen LogP contribution is -2.49. The third-order valence-corrected chi connectivity index (χ3v) is 6.44. The van der Waals surface area contributed by atoms with Crippen molar-refractivity contribution in [2.75, 3.05) is 12.3 Å². The summed E-state index contributed by atoms with van der Waals surface area (Å²) in [5.41, 5.74) is 3.02. The van der Waals surface area contributed by atoms with Gasteiger partial charge < -0.3 is 10.2 Å². The van der Waals surface area contributed by atoms with Gasteiger partial charge in [0, 0.05) is 34.5 Å². The molecule has 0 unspecified atom stereocenters. The van der Waals surface area contributed by atoms with Crippen molar-refractivity contribution in [2.24, 2.45) is 0 Å². The lowest BCUT2D eigenvalue weighted by atomic mass is 10.1. The summed E-state index contributed by atoms with van der Waals surface area (Å²) in [4.78, 5) is 27.4. The molecule has 7 heteroatoms. The fraction of sp³-hybridized carbons (Fsp3) is 0.391. The molecule has 2 aromatic carbocycles. The Balaban J connectivity index is 2.17. The Morgan fingerprint density at radius 2 is 1.70 bits per heavy atom. The second-order valence-electron chi connectivity index (χ2n) is 7.02. The van der Waals surface area contributed by atoms with Crippen LogP contribution in [0.5, 0.6) is 0 Å². The Kier molecular flexibility index (Phi) is 10.0. The fourth-order valence-electron chi connectivity index (χ4n) is 3.09. The molecule has 0 spiro atoms. The van der Waals surface area contributed by atoms with Gasteiger partial charge in [0.15, 0.2) is 0 Å². The number of rotatable bonds is 10. The molecule has 1 N–H and O–H groups in total. The van der Waals surface area contributed by atoms with E-state index in [1.165, 1.54) is 17.3 Å². The number of thioether (sulfide) groups is 1. The van der Waals surface area contributed by atoms with Gasteiger partial charge in [0.05, 0.1) is 5.75 Å². The quantitative estimate of drug-likeness (QED) is 0.504. The van der Waals surface area contributed by atoms with Crippen LogP contribution in [-0.2, 0) is 21.9 Å². The molecule has 0 aromatic heterocycles. The molecule has 0 radical (unpaired) electrons. The molecule has 1 atom stereocenters. The van der Waals surface area contributed by atoms with Crippen LogP contribution in [0.2, 0.25) is 10.0 Å². The van der Waals surface area contributed by atoms with Crippen LogP contribution in [0.4, 0.5) is 0 Å². The molecule has 0 saturated carbocycles. The summed E-state index contributed by atoms with van der Waals surface area (Å²) in [6.07, 6.45) is 0.502. The molecule has 0 fully saturated rings. The lowest BCUT2D eigenvalue weighted by Gasteiger charge is -2.31. The van der Waals surface area contributed by atoms with Gasteiger partial charge >= 0.3 is 0 Å². The molecule has 0 aliphatic heterocycles. The van der Waals surface area contributed by atoms with E-state index in [4.69, 9.17) is 23.2 Å². The van der Waals surface area contributed by atoms with E-state index in [9.17, 15) is 9.59 Å². The Hall–Kier alpha value is -1.69. The van der Waals surface area contributed by atoms with Crippen molar-refractivity contribution in [3.63, 3.8) is 0 Å². The standard InChI is InChI=1S/C23H28Cl2N2O2S/c1-4-21(23(29)26-5-2)27(13-18-19(24)7-6-8-20(18)25)22(28)15-30-14-17-11-9-16(3)10-12-17/h6-12,21H,4-5,13-15H2,1-3H3,(H,26,29)/t21-/m0/s1. The molecule has 4 nitrogen and oxygen atoms in total. The van der Waals surface area contributed by atoms with E-state index < -0.39 is 6.04 Å². The third-order valence-electron chi connectivity index (χ3n) is 4.74. The fourth-order valence-corrected chi connectivity index (χ4v) is 4.48. The van der Waals surface area contributed by atoms with Crippen LogP contribution in [0.25, 0.3) is 0 Å². The van der Waals surface area contributed by atoms with Crippen LogP contribution in [0.3, 0.4) is 0 Å². The van der Waals surface area contributed by atoms with Crippen molar-refractivity contribution < 1.29 is 9.59 Å². The predicted octanol–water partition coefficient (Wildman–Crippen LogP) is 5.48. The van der Waals surface area contributed by atoms with E-state index in [0.717, 1.165) is 11.3 Å². The summed E-state index contributed by atoms with van der Waals surface area (Å²) >= 11 is 14.2. The number of likely N-dealkylation sites (N-methyl/N-ethyl adjacent to an activating group) is 1. The van der Waals surface area contributed by atoms with Crippen molar-refractivity contribution in [3.05, 3.63) is 69.2 Å². The highest BCUT2D eigenvalue weighted by molar-refractivity contribution is 7.99. The summed E-state index contributed by atoms with van der Waals surface area (Å²) in [5.74, 6) is 0.720. The van der Waals surface area contributed by atoms with E-state index >= 15 is 0 Å². The molecule has 0 aliphatic rings. The first kappa shape index (κ1) is 24.6. The topological polar surface area (TPSA) is 49.4 Å². The number of nitrogens with zero attached hydrogens (tertiary/aromatic N) is 1. The number of carbonyl (C=O) groups excluding carboxylic acids is 2. The number of hydrogen-bond acceptors (Lipinski definition) is 3. The van der Waals surface area contributed by atoms with Crippen molar-refractivity contribution in [1.29, 1.82) is 0 Å². The Morgan fingerprint density at radius 1 is 1.07 bits per heavy atom. The van der Waals surface area contributed by atoms with Crippen molar-refractivity contribution >= 4 is 46.8 Å². The van der Waals surface area contributed by atoms with Gasteiger partial charge in [-0.15, -0.1) is 11.8 Å². The summed E-state index contributed by atoms with van der Waals surface area (Å²) in [6, 6.07) is 12.9. The van der Waals surface area contributed by atoms with Gasteiger partial charge in [-0.2, -0.15) is 0 Å². The first-order chi connectivity index (χ1) is 14.4. The molecule has 0 saturated heterocycles. The smallest absolute Gasteiger partial charge is 0.242 e. The van der Waals surface area contributed by atoms with Crippen molar-refractivity contribution in [2.45, 2.75) is 45.5 Å². The summed E-state index contributed by atoms with van der Waals surface area (Å²) < 4.78 is 0. The SMILES string of the molecule is CCNC(=O)[C@H](CC)N(Cc1c(Cl)cccc1Cl)C(=O)CSCc1ccc(C)cc1. The van der Waals surface area contributed by atoms with Gasteiger partial charge in [-0.25, -0.2) is 0 Å². The predicted molar refractivity (Wildman–Crippen MR) is 127 cm³/mol. The van der Waals surface area contributed by atoms with E-state index in [-0.39, 0.29) is 24.1 Å². The van der Waals surface area contributed by atoms with Crippen LogP contribution in [0.15, 0.2) is 42.5 Å². The summed E-state index contributed by atoms with van der Waals surface area (Å²) in [7, 11) is 0. The number of benzene rings is 2. The Bertz CT molecular complexity index is 839. The van der Waals surface area contributed by atoms with Crippen LogP contribution in [0, 0.1) is 6.92 Å². The van der Waals surface area contributed by atoms with Gasteiger partial charge in [0.1, 0.15) is 6.04 Å². The number of aryl methyl sites for hydroxylation is 1. The molecule has 162 valence electrons. The van der Waals surface area contributed by atoms with E-state index in [0.29, 0.717) is 28.6 Å². The minimum absolute atomic E-state index is 0.110. The van der Waals surface area contributed by atoms with Gasteiger partial charge in [-0.1, -0.05) is 66.0 Å². The van der Waals surface area contributed by atoms with Gasteiger partial charge in [-0.3, -0.25) is 9.59 Å². The average molecular weight is 467 g/mol. The number of carbonyl (C=O) groups is 2. The molecular weight excluding hydrogens is 439 g/mol. The molecule has 2 amide bonds. The maximum Gasteiger partial charge on any atom is 0.242 e. The summed E-state index contributed by atoms with van der Waals surface area (Å²) in [5, 5.41) is 3.80. The number of halogens is 2. The monoisotopic (exact) mass is 466 g/mol. The van der Waals surface area contributed by atoms with E-state index in [1.54, 1.807) is 23.1 Å². The Morgan fingerprint density at radius 3 is 2.27 bits per heavy atom. The first-order valence-electron chi connectivity index (χ1n) is 10.0. The largest absolute Gasteiger partial charge is 0.355 e. The molecular formula is C23H28Cl2N2O2S. The number of nitrogens with one attached hydrogen (secondary N) is 1. The highest BCUT2D eigenvalue weighted by atomic mass is 35.5. The van der Waals surface area contributed by atoms with Gasteiger partial charge in [0.25, 0.3) is 0 Å². The van der Waals surface area contributed by atoms with Gasteiger partial charge in [-0.05, 0) is 38.0 Å². The van der Waals surface area contributed by atoms with Crippen LogP contribution in [-0.4, -0.2) is 35.1 Å². The highest BCUT2D eigenvalue weighted by Crippen LogP contribution is 2.27. The highest BCUT2D eigenvalue weighted by Gasteiger charge is 2.29. The molecule has 0 heterocycles. The lowest BCUT2D eigenvalue weighted by molar-refractivity contribution is -0.139. The zero-order valence-electron chi connectivity index (χ0n) is 17.6. The van der Waals surface area contributed by atoms with Crippen molar-refractivity contribution in [3.8, 4) is 0 Å². The molecule has 0 bridgehead atoms. The third kappa shape index (κ3) is 6.93. The molecule has 2 aromatic rings. The summed E-state index contributed by atoms with van der Waals surface area (Å²) in [6.45, 7) is 6.50. The second-order valence-corrected chi connectivity index (χ2v) is 8.82. The van der Waals surface area contributed by atoms with E-state index in [2.05, 4.69) is 29.6 Å². The molecule has 0 aliphatic carbocycles. The zero-order valence-corrected chi connectivity index (χ0v) is 19.9. The van der Waals surface area contributed by atoms with Crippen molar-refractivity contribution in [1.82, 2.24) is 10.2 Å². The zero-order chi connectivity index (χ0) is 22.1. The Labute approximate surface area is 193 Å². The molecule has 30 heavy (non-hydrogen) atoms. The minimum Gasteiger partial charge on any atom is -0.355 e. The first-order valence-corrected chi connectivity index (χ1v) is 11.9. The molecule has 2 rings (SSSR count). The maximum atomic E-state index is 13.2. The van der Waals surface area contributed by atoms with Crippen LogP contribution < -0.4 is 5.32 Å². The number of amides is 2. The minimum atomic E-state index is -0.579. The number of hydrogen-bond donors (Lipinski definition) is 1. The van der Waals surface area contributed by atoms with E-state index in [1.807, 2.05) is 20.8 Å².